The number of aromatic nitrogens is 1. The van der Waals surface area contributed by atoms with Crippen LogP contribution in [0.25, 0.3) is 0 Å². The second-order valence-electron chi connectivity index (χ2n) is 3.66. The lowest BCUT2D eigenvalue weighted by Gasteiger charge is -2.21. The SMILES string of the molecule is CCN(C(=O)CNc1nccs1)c1ccccc1. The first kappa shape index (κ1) is 12.6. The number of carbonyl (C=O) groups excluding carboxylic acids is 1. The third-order valence-corrected chi connectivity index (χ3v) is 3.24. The molecule has 0 aliphatic heterocycles. The van der Waals surface area contributed by atoms with E-state index in [1.54, 1.807) is 11.1 Å². The summed E-state index contributed by atoms with van der Waals surface area (Å²) in [7, 11) is 0. The molecule has 0 saturated carbocycles. The van der Waals surface area contributed by atoms with Crippen LogP contribution >= 0.6 is 11.3 Å². The summed E-state index contributed by atoms with van der Waals surface area (Å²) in [6, 6.07) is 9.67. The van der Waals surface area contributed by atoms with Crippen molar-refractivity contribution in [3.63, 3.8) is 0 Å². The van der Waals surface area contributed by atoms with Gasteiger partial charge in [0.2, 0.25) is 5.91 Å². The molecule has 4 nitrogen and oxygen atoms in total. The van der Waals surface area contributed by atoms with Crippen molar-refractivity contribution in [3.05, 3.63) is 41.9 Å². The van der Waals surface area contributed by atoms with Crippen molar-refractivity contribution in [2.24, 2.45) is 0 Å². The van der Waals surface area contributed by atoms with Crippen molar-refractivity contribution in [1.29, 1.82) is 0 Å². The first-order valence-electron chi connectivity index (χ1n) is 5.80. The highest BCUT2D eigenvalue weighted by Gasteiger charge is 2.13. The van der Waals surface area contributed by atoms with Crippen LogP contribution in [-0.2, 0) is 4.79 Å². The lowest BCUT2D eigenvalue weighted by Crippen LogP contribution is -2.35. The molecule has 1 aromatic carbocycles. The summed E-state index contributed by atoms with van der Waals surface area (Å²) in [6.45, 7) is 2.88. The topological polar surface area (TPSA) is 45.2 Å². The highest BCUT2D eigenvalue weighted by Crippen LogP contribution is 2.14. The van der Waals surface area contributed by atoms with Crippen molar-refractivity contribution in [3.8, 4) is 0 Å². The third-order valence-electron chi connectivity index (χ3n) is 2.51. The molecular weight excluding hydrogens is 246 g/mol. The molecule has 2 aromatic rings. The zero-order valence-electron chi connectivity index (χ0n) is 10.2. The fourth-order valence-corrected chi connectivity index (χ4v) is 2.20. The Hall–Kier alpha value is -1.88. The van der Waals surface area contributed by atoms with Crippen molar-refractivity contribution in [1.82, 2.24) is 4.98 Å². The van der Waals surface area contributed by atoms with Gasteiger partial charge in [0.15, 0.2) is 5.13 Å². The molecule has 0 bridgehead atoms. The average molecular weight is 261 g/mol. The van der Waals surface area contributed by atoms with Gasteiger partial charge in [-0.2, -0.15) is 0 Å². The number of carbonyl (C=O) groups is 1. The Labute approximate surface area is 110 Å². The van der Waals surface area contributed by atoms with E-state index in [0.29, 0.717) is 6.54 Å². The molecule has 94 valence electrons. The van der Waals surface area contributed by atoms with Crippen molar-refractivity contribution in [2.45, 2.75) is 6.92 Å². The van der Waals surface area contributed by atoms with Crippen LogP contribution in [0, 0.1) is 0 Å². The van der Waals surface area contributed by atoms with Gasteiger partial charge in [0.1, 0.15) is 0 Å². The van der Waals surface area contributed by atoms with Crippen LogP contribution in [0.2, 0.25) is 0 Å². The minimum absolute atomic E-state index is 0.0406. The summed E-state index contributed by atoms with van der Waals surface area (Å²) in [6.07, 6.45) is 1.71. The molecule has 1 N–H and O–H groups in total. The Balaban J connectivity index is 1.98. The molecule has 0 radical (unpaired) electrons. The predicted molar refractivity (Wildman–Crippen MR) is 75.1 cm³/mol. The van der Waals surface area contributed by atoms with Crippen LogP contribution in [0.5, 0.6) is 0 Å². The van der Waals surface area contributed by atoms with E-state index in [0.717, 1.165) is 10.8 Å². The molecule has 0 aliphatic rings. The maximum atomic E-state index is 12.1. The Morgan fingerprint density at radius 3 is 2.78 bits per heavy atom. The van der Waals surface area contributed by atoms with Gasteiger partial charge in [-0.3, -0.25) is 4.79 Å². The summed E-state index contributed by atoms with van der Waals surface area (Å²) >= 11 is 1.49. The van der Waals surface area contributed by atoms with Gasteiger partial charge in [-0.05, 0) is 19.1 Å². The van der Waals surface area contributed by atoms with Crippen LogP contribution in [-0.4, -0.2) is 24.0 Å². The fourth-order valence-electron chi connectivity index (χ4n) is 1.67. The second-order valence-corrected chi connectivity index (χ2v) is 4.56. The van der Waals surface area contributed by atoms with Gasteiger partial charge in [0, 0.05) is 23.8 Å². The van der Waals surface area contributed by atoms with Crippen LogP contribution in [0.4, 0.5) is 10.8 Å². The van der Waals surface area contributed by atoms with Gasteiger partial charge in [0.05, 0.1) is 6.54 Å². The standard InChI is InChI=1S/C13H15N3OS/c1-2-16(11-6-4-3-5-7-11)12(17)10-15-13-14-8-9-18-13/h3-9H,2,10H2,1H3,(H,14,15). The summed E-state index contributed by atoms with van der Waals surface area (Å²) in [5.41, 5.74) is 0.922. The normalized spacial score (nSPS) is 10.1. The molecule has 0 unspecified atom stereocenters. The first-order chi connectivity index (χ1) is 8.81. The highest BCUT2D eigenvalue weighted by atomic mass is 32.1. The molecule has 0 aliphatic carbocycles. The van der Waals surface area contributed by atoms with E-state index in [9.17, 15) is 4.79 Å². The Bertz CT molecular complexity index is 484. The van der Waals surface area contributed by atoms with E-state index in [2.05, 4.69) is 10.3 Å². The second kappa shape index (κ2) is 6.16. The molecule has 0 spiro atoms. The van der Waals surface area contributed by atoms with E-state index in [1.165, 1.54) is 11.3 Å². The molecule has 0 atom stereocenters. The number of para-hydroxylation sites is 1. The number of hydrogen-bond acceptors (Lipinski definition) is 4. The zero-order valence-corrected chi connectivity index (χ0v) is 11.0. The van der Waals surface area contributed by atoms with Crippen molar-refractivity contribution >= 4 is 28.1 Å². The highest BCUT2D eigenvalue weighted by molar-refractivity contribution is 7.13. The number of nitrogens with one attached hydrogen (secondary N) is 1. The molecule has 0 saturated heterocycles. The van der Waals surface area contributed by atoms with E-state index in [4.69, 9.17) is 0 Å². The van der Waals surface area contributed by atoms with Gasteiger partial charge < -0.3 is 10.2 Å². The monoisotopic (exact) mass is 261 g/mol. The minimum atomic E-state index is 0.0406. The molecule has 1 aromatic heterocycles. The maximum absolute atomic E-state index is 12.1. The summed E-state index contributed by atoms with van der Waals surface area (Å²) < 4.78 is 0. The molecular formula is C13H15N3OS. The van der Waals surface area contributed by atoms with E-state index in [-0.39, 0.29) is 12.5 Å². The Morgan fingerprint density at radius 1 is 1.39 bits per heavy atom. The maximum Gasteiger partial charge on any atom is 0.246 e. The fraction of sp³-hybridized carbons (Fsp3) is 0.231. The molecule has 1 heterocycles. The quantitative estimate of drug-likeness (QED) is 0.900. The number of hydrogen-bond donors (Lipinski definition) is 1. The van der Waals surface area contributed by atoms with Crippen LogP contribution in [0.15, 0.2) is 41.9 Å². The molecule has 1 amide bonds. The van der Waals surface area contributed by atoms with Gasteiger partial charge in [0.25, 0.3) is 0 Å². The largest absolute Gasteiger partial charge is 0.352 e. The lowest BCUT2D eigenvalue weighted by molar-refractivity contribution is -0.116. The number of thiazole rings is 1. The average Bonchev–Trinajstić information content (AvgIpc) is 2.92. The van der Waals surface area contributed by atoms with Crippen LogP contribution in [0.1, 0.15) is 6.92 Å². The van der Waals surface area contributed by atoms with Crippen molar-refractivity contribution in [2.75, 3.05) is 23.3 Å². The number of likely N-dealkylation sites (N-methyl/N-ethyl adjacent to an activating group) is 1. The minimum Gasteiger partial charge on any atom is -0.352 e. The van der Waals surface area contributed by atoms with Gasteiger partial charge in [-0.25, -0.2) is 4.98 Å². The summed E-state index contributed by atoms with van der Waals surface area (Å²) in [5, 5.41) is 5.67. The van der Waals surface area contributed by atoms with Crippen LogP contribution < -0.4 is 10.2 Å². The molecule has 0 fully saturated rings. The number of anilines is 2. The number of benzene rings is 1. The first-order valence-corrected chi connectivity index (χ1v) is 6.68. The Kier molecular flexibility index (Phi) is 4.30. The summed E-state index contributed by atoms with van der Waals surface area (Å²) in [4.78, 5) is 17.9. The summed E-state index contributed by atoms with van der Waals surface area (Å²) in [5.74, 6) is 0.0406. The molecule has 18 heavy (non-hydrogen) atoms. The van der Waals surface area contributed by atoms with Crippen molar-refractivity contribution < 1.29 is 4.79 Å². The zero-order chi connectivity index (χ0) is 12.8. The lowest BCUT2D eigenvalue weighted by atomic mass is 10.3. The van der Waals surface area contributed by atoms with E-state index >= 15 is 0 Å². The van der Waals surface area contributed by atoms with Gasteiger partial charge in [-0.1, -0.05) is 18.2 Å². The van der Waals surface area contributed by atoms with Gasteiger partial charge >= 0.3 is 0 Å². The van der Waals surface area contributed by atoms with E-state index < -0.39 is 0 Å². The van der Waals surface area contributed by atoms with Gasteiger partial charge in [-0.15, -0.1) is 11.3 Å². The van der Waals surface area contributed by atoms with Crippen LogP contribution in [0.3, 0.4) is 0 Å². The Morgan fingerprint density at radius 2 is 2.17 bits per heavy atom. The number of nitrogens with zero attached hydrogens (tertiary/aromatic N) is 2. The third kappa shape index (κ3) is 3.07. The smallest absolute Gasteiger partial charge is 0.246 e. The molecule has 2 rings (SSSR count). The number of amides is 1. The predicted octanol–water partition coefficient (Wildman–Crippen LogP) is 2.61. The number of rotatable bonds is 5. The molecule has 5 heteroatoms. The van der Waals surface area contributed by atoms with E-state index in [1.807, 2.05) is 42.6 Å².